The van der Waals surface area contributed by atoms with Gasteiger partial charge in [-0.2, -0.15) is 0 Å². The van der Waals surface area contributed by atoms with Crippen LogP contribution in [-0.4, -0.2) is 18.6 Å². The molecule has 0 aliphatic carbocycles. The molecular weight excluding hydrogens is 314 g/mol. The smallest absolute Gasteiger partial charge is 0.248 e. The Morgan fingerprint density at radius 2 is 1.84 bits per heavy atom. The second-order valence-corrected chi connectivity index (χ2v) is 5.90. The number of benzene rings is 2. The molecule has 0 fully saturated rings. The summed E-state index contributed by atoms with van der Waals surface area (Å²) in [6, 6.07) is 15.1. The highest BCUT2D eigenvalue weighted by Crippen LogP contribution is 2.24. The predicted molar refractivity (Wildman–Crippen MR) is 102 cm³/mol. The van der Waals surface area contributed by atoms with E-state index in [-0.39, 0.29) is 12.0 Å². The summed E-state index contributed by atoms with van der Waals surface area (Å²) in [5.41, 5.74) is 1.60. The molecule has 132 valence electrons. The summed E-state index contributed by atoms with van der Waals surface area (Å²) in [4.78, 5) is 12.2. The Kier molecular flexibility index (Phi) is 7.08. The molecule has 0 saturated carbocycles. The van der Waals surface area contributed by atoms with Crippen LogP contribution in [0.4, 0.5) is 5.69 Å². The Hall–Kier alpha value is -2.75. The topological polar surface area (TPSA) is 47.6 Å². The van der Waals surface area contributed by atoms with Gasteiger partial charge in [0.25, 0.3) is 0 Å². The first-order chi connectivity index (χ1) is 12.1. The molecule has 0 aliphatic heterocycles. The van der Waals surface area contributed by atoms with Gasteiger partial charge in [-0.15, -0.1) is 0 Å². The van der Waals surface area contributed by atoms with E-state index < -0.39 is 0 Å². The number of anilines is 1. The van der Waals surface area contributed by atoms with Crippen LogP contribution in [-0.2, 0) is 4.79 Å². The van der Waals surface area contributed by atoms with Gasteiger partial charge in [0.05, 0.1) is 18.4 Å². The SMILES string of the molecule is CCCOc1ccc(/C=C/C(=O)Nc2ccccc2OC(C)C)cc1. The first kappa shape index (κ1) is 18.6. The van der Waals surface area contributed by atoms with Crippen LogP contribution in [0.25, 0.3) is 6.08 Å². The maximum atomic E-state index is 12.2. The van der Waals surface area contributed by atoms with Gasteiger partial charge in [-0.05, 0) is 56.2 Å². The van der Waals surface area contributed by atoms with Crippen molar-refractivity contribution < 1.29 is 14.3 Å². The first-order valence-electron chi connectivity index (χ1n) is 8.56. The molecule has 0 heterocycles. The average molecular weight is 339 g/mol. The van der Waals surface area contributed by atoms with E-state index in [0.29, 0.717) is 18.0 Å². The highest BCUT2D eigenvalue weighted by Gasteiger charge is 2.06. The van der Waals surface area contributed by atoms with Gasteiger partial charge in [0.15, 0.2) is 0 Å². The number of carbonyl (C=O) groups is 1. The molecule has 0 radical (unpaired) electrons. The number of hydrogen-bond acceptors (Lipinski definition) is 3. The van der Waals surface area contributed by atoms with Gasteiger partial charge < -0.3 is 14.8 Å². The molecule has 4 heteroatoms. The van der Waals surface area contributed by atoms with Crippen molar-refractivity contribution in [1.29, 1.82) is 0 Å². The number of amides is 1. The van der Waals surface area contributed by atoms with Crippen molar-refractivity contribution in [3.63, 3.8) is 0 Å². The quantitative estimate of drug-likeness (QED) is 0.695. The number of ether oxygens (including phenoxy) is 2. The Balaban J connectivity index is 1.97. The third-order valence-electron chi connectivity index (χ3n) is 3.29. The van der Waals surface area contributed by atoms with Crippen LogP contribution in [0.2, 0.25) is 0 Å². The van der Waals surface area contributed by atoms with Crippen LogP contribution >= 0.6 is 0 Å². The molecule has 0 unspecified atom stereocenters. The standard InChI is InChI=1S/C21H25NO3/c1-4-15-24-18-12-9-17(10-13-18)11-14-21(23)22-19-7-5-6-8-20(19)25-16(2)3/h5-14,16H,4,15H2,1-3H3,(H,22,23)/b14-11+. The Labute approximate surface area is 149 Å². The Morgan fingerprint density at radius 1 is 1.12 bits per heavy atom. The van der Waals surface area contributed by atoms with Gasteiger partial charge in [0.1, 0.15) is 11.5 Å². The lowest BCUT2D eigenvalue weighted by atomic mass is 10.2. The van der Waals surface area contributed by atoms with Crippen LogP contribution < -0.4 is 14.8 Å². The van der Waals surface area contributed by atoms with E-state index in [1.165, 1.54) is 6.08 Å². The number of rotatable bonds is 8. The average Bonchev–Trinajstić information content (AvgIpc) is 2.60. The Morgan fingerprint density at radius 3 is 2.52 bits per heavy atom. The van der Waals surface area contributed by atoms with Crippen LogP contribution in [0.1, 0.15) is 32.8 Å². The molecule has 2 aromatic carbocycles. The molecule has 1 N–H and O–H groups in total. The summed E-state index contributed by atoms with van der Waals surface area (Å²) in [7, 11) is 0. The summed E-state index contributed by atoms with van der Waals surface area (Å²) in [5, 5.41) is 2.85. The van der Waals surface area contributed by atoms with E-state index in [1.54, 1.807) is 6.08 Å². The summed E-state index contributed by atoms with van der Waals surface area (Å²) in [6.45, 7) is 6.67. The van der Waals surface area contributed by atoms with Gasteiger partial charge in [-0.3, -0.25) is 4.79 Å². The van der Waals surface area contributed by atoms with E-state index in [1.807, 2.05) is 62.4 Å². The lowest BCUT2D eigenvalue weighted by Crippen LogP contribution is -2.12. The molecule has 4 nitrogen and oxygen atoms in total. The molecular formula is C21H25NO3. The maximum Gasteiger partial charge on any atom is 0.248 e. The van der Waals surface area contributed by atoms with Crippen LogP contribution in [0.5, 0.6) is 11.5 Å². The first-order valence-corrected chi connectivity index (χ1v) is 8.56. The number of para-hydroxylation sites is 2. The van der Waals surface area contributed by atoms with E-state index in [2.05, 4.69) is 12.2 Å². The second-order valence-electron chi connectivity index (χ2n) is 5.90. The minimum absolute atomic E-state index is 0.0436. The normalized spacial score (nSPS) is 10.9. The third kappa shape index (κ3) is 6.34. The fourth-order valence-electron chi connectivity index (χ4n) is 2.17. The maximum absolute atomic E-state index is 12.2. The summed E-state index contributed by atoms with van der Waals surface area (Å²) in [5.74, 6) is 1.30. The van der Waals surface area contributed by atoms with Crippen molar-refractivity contribution in [1.82, 2.24) is 0 Å². The van der Waals surface area contributed by atoms with Crippen molar-refractivity contribution >= 4 is 17.7 Å². The van der Waals surface area contributed by atoms with Crippen molar-refractivity contribution in [3.8, 4) is 11.5 Å². The second kappa shape index (κ2) is 9.52. The molecule has 0 saturated heterocycles. The minimum Gasteiger partial charge on any atom is -0.494 e. The van der Waals surface area contributed by atoms with E-state index in [0.717, 1.165) is 17.7 Å². The molecule has 2 rings (SSSR count). The van der Waals surface area contributed by atoms with Gasteiger partial charge in [-0.1, -0.05) is 31.2 Å². The van der Waals surface area contributed by atoms with Crippen LogP contribution in [0.15, 0.2) is 54.6 Å². The number of nitrogens with one attached hydrogen (secondary N) is 1. The molecule has 0 atom stereocenters. The van der Waals surface area contributed by atoms with Crippen molar-refractivity contribution in [3.05, 3.63) is 60.2 Å². The Bertz CT molecular complexity index is 705. The van der Waals surface area contributed by atoms with Gasteiger partial charge in [-0.25, -0.2) is 0 Å². The van der Waals surface area contributed by atoms with E-state index >= 15 is 0 Å². The van der Waals surface area contributed by atoms with E-state index in [4.69, 9.17) is 9.47 Å². The van der Waals surface area contributed by atoms with Gasteiger partial charge >= 0.3 is 0 Å². The molecule has 25 heavy (non-hydrogen) atoms. The zero-order valence-corrected chi connectivity index (χ0v) is 15.0. The fraction of sp³-hybridized carbons (Fsp3) is 0.286. The summed E-state index contributed by atoms with van der Waals surface area (Å²) >= 11 is 0. The highest BCUT2D eigenvalue weighted by molar-refractivity contribution is 6.02. The van der Waals surface area contributed by atoms with Crippen LogP contribution in [0, 0.1) is 0 Å². The largest absolute Gasteiger partial charge is 0.494 e. The molecule has 0 spiro atoms. The van der Waals surface area contributed by atoms with Gasteiger partial charge in [0, 0.05) is 6.08 Å². The van der Waals surface area contributed by atoms with Crippen molar-refractivity contribution in [2.45, 2.75) is 33.3 Å². The van der Waals surface area contributed by atoms with E-state index in [9.17, 15) is 4.79 Å². The van der Waals surface area contributed by atoms with Crippen LogP contribution in [0.3, 0.4) is 0 Å². The predicted octanol–water partition coefficient (Wildman–Crippen LogP) is 4.91. The molecule has 2 aromatic rings. The van der Waals surface area contributed by atoms with Crippen molar-refractivity contribution in [2.75, 3.05) is 11.9 Å². The number of hydrogen-bond donors (Lipinski definition) is 1. The molecule has 0 bridgehead atoms. The monoisotopic (exact) mass is 339 g/mol. The lowest BCUT2D eigenvalue weighted by Gasteiger charge is -2.14. The lowest BCUT2D eigenvalue weighted by molar-refractivity contribution is -0.111. The minimum atomic E-state index is -0.203. The number of carbonyl (C=O) groups excluding carboxylic acids is 1. The highest BCUT2D eigenvalue weighted by atomic mass is 16.5. The zero-order valence-electron chi connectivity index (χ0n) is 15.0. The van der Waals surface area contributed by atoms with Crippen molar-refractivity contribution in [2.24, 2.45) is 0 Å². The fourth-order valence-corrected chi connectivity index (χ4v) is 2.17. The van der Waals surface area contributed by atoms with Gasteiger partial charge in [0.2, 0.25) is 5.91 Å². The zero-order chi connectivity index (χ0) is 18.1. The summed E-state index contributed by atoms with van der Waals surface area (Å²) < 4.78 is 11.2. The third-order valence-corrected chi connectivity index (χ3v) is 3.29. The molecule has 0 aliphatic rings. The molecule has 1 amide bonds. The molecule has 0 aromatic heterocycles. The summed E-state index contributed by atoms with van der Waals surface area (Å²) in [6.07, 6.45) is 4.30.